The molecule has 0 spiro atoms. The molecule has 1 aliphatic rings. The van der Waals surface area contributed by atoms with Gasteiger partial charge in [0.1, 0.15) is 12.9 Å². The Morgan fingerprint density at radius 3 is 2.37 bits per heavy atom. The van der Waals surface area contributed by atoms with Crippen molar-refractivity contribution in [1.29, 1.82) is 0 Å². The Labute approximate surface area is 183 Å². The smallest absolute Gasteiger partial charge is 0.206 e. The van der Waals surface area contributed by atoms with Crippen LogP contribution in [0.3, 0.4) is 0 Å². The Hall–Kier alpha value is -2.00. The molecule has 0 unspecified atom stereocenters. The number of halogens is 1. The molecule has 0 N–H and O–H groups in total. The lowest BCUT2D eigenvalue weighted by Crippen LogP contribution is -2.35. The van der Waals surface area contributed by atoms with E-state index in [4.69, 9.17) is 1.37 Å². The van der Waals surface area contributed by atoms with E-state index in [1.54, 1.807) is 0 Å². The van der Waals surface area contributed by atoms with Crippen LogP contribution in [0.1, 0.15) is 48.1 Å². The van der Waals surface area contributed by atoms with Gasteiger partial charge in [0.25, 0.3) is 0 Å². The van der Waals surface area contributed by atoms with Gasteiger partial charge < -0.3 is 0 Å². The topological polar surface area (TPSA) is 3.88 Å². The zero-order valence-electron chi connectivity index (χ0n) is 20.5. The van der Waals surface area contributed by atoms with Crippen molar-refractivity contribution in [3.8, 4) is 11.3 Å². The maximum Gasteiger partial charge on any atom is 0.220 e. The Morgan fingerprint density at radius 1 is 1.03 bits per heavy atom. The van der Waals surface area contributed by atoms with Crippen LogP contribution in [0.2, 0.25) is 25.2 Å². The summed E-state index contributed by atoms with van der Waals surface area (Å²) >= 11 is 0. The molecule has 3 heteroatoms. The van der Waals surface area contributed by atoms with Crippen LogP contribution in [0, 0.1) is 33.5 Å². The maximum absolute atomic E-state index is 14.5. The molecule has 0 radical (unpaired) electrons. The molecule has 0 atom stereocenters. The number of aryl methyl sites for hydroxylation is 1. The third kappa shape index (κ3) is 3.62. The SMILES string of the molecule is [2H]c1c(C)[n+](C)c(-c2cc(C)c(F)c(C)c2C)c2ccc(C3CC[Si](C)(C)CC3)cc12. The Balaban J connectivity index is 1.92. The third-order valence-corrected chi connectivity index (χ3v) is 10.8. The summed E-state index contributed by atoms with van der Waals surface area (Å²) in [4.78, 5) is 0. The molecule has 1 fully saturated rings. The number of hydrogen-bond donors (Lipinski definition) is 0. The van der Waals surface area contributed by atoms with E-state index in [-0.39, 0.29) is 5.82 Å². The molecule has 1 nitrogen and oxygen atoms in total. The van der Waals surface area contributed by atoms with Crippen molar-refractivity contribution >= 4 is 18.8 Å². The van der Waals surface area contributed by atoms with Crippen LogP contribution in [-0.2, 0) is 7.05 Å². The summed E-state index contributed by atoms with van der Waals surface area (Å²) in [6, 6.07) is 12.1. The first-order valence-electron chi connectivity index (χ1n) is 11.7. The van der Waals surface area contributed by atoms with Gasteiger partial charge in [-0.15, -0.1) is 0 Å². The fourth-order valence-electron chi connectivity index (χ4n) is 5.11. The van der Waals surface area contributed by atoms with Crippen molar-refractivity contribution in [2.75, 3.05) is 0 Å². The molecule has 1 saturated heterocycles. The summed E-state index contributed by atoms with van der Waals surface area (Å²) in [5.74, 6) is 0.493. The highest BCUT2D eigenvalue weighted by atomic mass is 28.3. The summed E-state index contributed by atoms with van der Waals surface area (Å²) in [6.45, 7) is 12.7. The molecule has 2 heterocycles. The second-order valence-electron chi connectivity index (χ2n) is 10.2. The van der Waals surface area contributed by atoms with Crippen LogP contribution in [0.15, 0.2) is 30.3 Å². The fraction of sp³-hybridized carbons (Fsp3) is 0.444. The summed E-state index contributed by atoms with van der Waals surface area (Å²) in [7, 11) is 1.03. The van der Waals surface area contributed by atoms with Gasteiger partial charge in [0.2, 0.25) is 5.69 Å². The fourth-order valence-corrected chi connectivity index (χ4v) is 7.62. The van der Waals surface area contributed by atoms with Crippen molar-refractivity contribution in [2.45, 2.75) is 71.6 Å². The van der Waals surface area contributed by atoms with Crippen LogP contribution < -0.4 is 4.57 Å². The first kappa shape index (κ1) is 19.9. The van der Waals surface area contributed by atoms with Gasteiger partial charge in [-0.25, -0.2) is 4.39 Å². The van der Waals surface area contributed by atoms with Crippen molar-refractivity contribution in [3.05, 3.63) is 64.1 Å². The largest absolute Gasteiger partial charge is 0.220 e. The molecule has 0 bridgehead atoms. The number of fused-ring (bicyclic) bond motifs is 1. The van der Waals surface area contributed by atoms with Gasteiger partial charge in [-0.05, 0) is 79.3 Å². The zero-order chi connectivity index (χ0) is 22.7. The molecule has 158 valence electrons. The number of benzene rings is 2. The van der Waals surface area contributed by atoms with Gasteiger partial charge in [-0.2, -0.15) is 4.57 Å². The van der Waals surface area contributed by atoms with Gasteiger partial charge in [0, 0.05) is 21.0 Å². The molecule has 0 saturated carbocycles. The highest BCUT2D eigenvalue weighted by Crippen LogP contribution is 2.40. The monoisotopic (exact) mass is 421 g/mol. The lowest BCUT2D eigenvalue weighted by molar-refractivity contribution is -0.665. The van der Waals surface area contributed by atoms with Gasteiger partial charge >= 0.3 is 0 Å². The maximum atomic E-state index is 14.5. The van der Waals surface area contributed by atoms with Crippen molar-refractivity contribution in [1.82, 2.24) is 0 Å². The second kappa shape index (κ2) is 7.60. The van der Waals surface area contributed by atoms with E-state index in [0.29, 0.717) is 23.1 Å². The van der Waals surface area contributed by atoms with Crippen molar-refractivity contribution < 1.29 is 10.3 Å². The van der Waals surface area contributed by atoms with Crippen LogP contribution in [0.25, 0.3) is 22.0 Å². The summed E-state index contributed by atoms with van der Waals surface area (Å²) in [5.41, 5.74) is 6.82. The van der Waals surface area contributed by atoms with E-state index >= 15 is 0 Å². The Kier molecular flexibility index (Phi) is 5.05. The highest BCUT2D eigenvalue weighted by molar-refractivity contribution is 6.77. The van der Waals surface area contributed by atoms with Crippen LogP contribution in [-0.4, -0.2) is 8.07 Å². The average Bonchev–Trinajstić information content (AvgIpc) is 2.74. The minimum absolute atomic E-state index is 0.117. The van der Waals surface area contributed by atoms with E-state index in [2.05, 4.69) is 35.9 Å². The second-order valence-corrected chi connectivity index (χ2v) is 15.5. The van der Waals surface area contributed by atoms with Crippen LogP contribution in [0.5, 0.6) is 0 Å². The summed E-state index contributed by atoms with van der Waals surface area (Å²) in [5, 5.41) is 2.10. The molecule has 2 aromatic carbocycles. The quantitative estimate of drug-likeness (QED) is 0.302. The lowest BCUT2D eigenvalue weighted by atomic mass is 9.89. The van der Waals surface area contributed by atoms with Gasteiger partial charge in [-0.3, -0.25) is 0 Å². The standard InChI is InChI=1S/C27H35FNSi/c1-17-14-25(19(3)20(4)26(17)28)27-24-9-8-22(16-23(24)15-18(2)29(27)5)21-10-12-30(6,7)13-11-21/h8-9,14-16,21H,10-13H2,1-7H3/q+1/i15D. The molecular formula is C27H35FNSi+. The molecule has 1 aromatic heterocycles. The molecule has 0 aliphatic carbocycles. The molecule has 4 rings (SSSR count). The van der Waals surface area contributed by atoms with Crippen LogP contribution >= 0.6 is 0 Å². The lowest BCUT2D eigenvalue weighted by Gasteiger charge is -2.33. The van der Waals surface area contributed by atoms with Crippen molar-refractivity contribution in [2.24, 2.45) is 7.05 Å². The molecular weight excluding hydrogens is 385 g/mol. The van der Waals surface area contributed by atoms with Gasteiger partial charge in [0.05, 0.1) is 12.3 Å². The van der Waals surface area contributed by atoms with Gasteiger partial charge in [-0.1, -0.05) is 37.3 Å². The normalized spacial score (nSPS) is 17.4. The summed E-state index contributed by atoms with van der Waals surface area (Å²) < 4.78 is 25.5. The molecule has 30 heavy (non-hydrogen) atoms. The predicted molar refractivity (Wildman–Crippen MR) is 129 cm³/mol. The Morgan fingerprint density at radius 2 is 1.70 bits per heavy atom. The van der Waals surface area contributed by atoms with Gasteiger partial charge in [0.15, 0.2) is 5.69 Å². The van der Waals surface area contributed by atoms with E-state index < -0.39 is 8.07 Å². The van der Waals surface area contributed by atoms with E-state index in [1.807, 2.05) is 40.8 Å². The van der Waals surface area contributed by atoms with E-state index in [9.17, 15) is 4.39 Å². The minimum Gasteiger partial charge on any atom is -0.206 e. The van der Waals surface area contributed by atoms with Crippen LogP contribution in [0.4, 0.5) is 4.39 Å². The predicted octanol–water partition coefficient (Wildman–Crippen LogP) is 7.29. The van der Waals surface area contributed by atoms with E-state index in [0.717, 1.165) is 33.3 Å². The molecule has 0 amide bonds. The molecule has 3 aromatic rings. The van der Waals surface area contributed by atoms with Crippen molar-refractivity contribution in [3.63, 3.8) is 0 Å². The number of hydrogen-bond acceptors (Lipinski definition) is 0. The minimum atomic E-state index is -0.992. The highest BCUT2D eigenvalue weighted by Gasteiger charge is 2.30. The first-order chi connectivity index (χ1) is 14.5. The number of nitrogens with zero attached hydrogens (tertiary/aromatic N) is 1. The number of aromatic nitrogens is 1. The zero-order valence-corrected chi connectivity index (χ0v) is 20.5. The van der Waals surface area contributed by atoms with E-state index in [1.165, 1.54) is 30.5 Å². The summed E-state index contributed by atoms with van der Waals surface area (Å²) in [6.07, 6.45) is 2.56. The average molecular weight is 422 g/mol. The first-order valence-corrected chi connectivity index (χ1v) is 14.6. The third-order valence-electron chi connectivity index (χ3n) is 7.52. The molecule has 1 aliphatic heterocycles. The Bertz CT molecular complexity index is 1190. The number of pyridine rings is 1. The number of rotatable bonds is 2.